The zero-order valence-corrected chi connectivity index (χ0v) is 7.39. The maximum Gasteiger partial charge on any atom is 0.155 e. The van der Waals surface area contributed by atoms with Crippen LogP contribution in [-0.2, 0) is 4.74 Å². The van der Waals surface area contributed by atoms with Gasteiger partial charge >= 0.3 is 0 Å². The van der Waals surface area contributed by atoms with E-state index in [1.165, 1.54) is 6.08 Å². The van der Waals surface area contributed by atoms with E-state index >= 15 is 0 Å². The average Bonchev–Trinajstić information content (AvgIpc) is 2.13. The van der Waals surface area contributed by atoms with E-state index in [0.717, 1.165) is 0 Å². The molecular formula is C9H11F2NO. The lowest BCUT2D eigenvalue weighted by atomic mass is 10.3. The zero-order valence-electron chi connectivity index (χ0n) is 7.39. The fourth-order valence-corrected chi connectivity index (χ4v) is 0.626. The summed E-state index contributed by atoms with van der Waals surface area (Å²) >= 11 is 0. The van der Waals surface area contributed by atoms with E-state index in [9.17, 15) is 8.78 Å². The predicted octanol–water partition coefficient (Wildman–Crippen LogP) is 2.29. The Morgan fingerprint density at radius 3 is 2.54 bits per heavy atom. The molecule has 0 heterocycles. The first-order valence-electron chi connectivity index (χ1n) is 3.70. The lowest BCUT2D eigenvalue weighted by Crippen LogP contribution is -2.16. The Kier molecular flexibility index (Phi) is 5.53. The van der Waals surface area contributed by atoms with E-state index in [0.29, 0.717) is 5.57 Å². The molecule has 0 unspecified atom stereocenters. The first-order valence-corrected chi connectivity index (χ1v) is 3.70. The van der Waals surface area contributed by atoms with Gasteiger partial charge in [-0.1, -0.05) is 6.58 Å². The molecule has 0 aromatic heterocycles. The van der Waals surface area contributed by atoms with Crippen LogP contribution < -0.4 is 0 Å². The normalized spacial score (nSPS) is 11.2. The third-order valence-electron chi connectivity index (χ3n) is 1.22. The van der Waals surface area contributed by atoms with Gasteiger partial charge in [0.25, 0.3) is 0 Å². The molecule has 0 bridgehead atoms. The highest BCUT2D eigenvalue weighted by atomic mass is 19.1. The molecule has 0 N–H and O–H groups in total. The highest BCUT2D eigenvalue weighted by molar-refractivity contribution is 5.25. The summed E-state index contributed by atoms with van der Waals surface area (Å²) in [6.45, 7) is 3.13. The number of alkyl halides is 2. The maximum atomic E-state index is 11.9. The summed E-state index contributed by atoms with van der Waals surface area (Å²) in [6, 6.07) is 1.84. The van der Waals surface area contributed by atoms with E-state index in [1.54, 1.807) is 6.92 Å². The Hall–Kier alpha value is -1.37. The Morgan fingerprint density at radius 2 is 2.15 bits per heavy atom. The Balaban J connectivity index is 4.09. The molecule has 0 aliphatic heterocycles. The minimum atomic E-state index is -1.12. The second kappa shape index (κ2) is 6.18. The third-order valence-corrected chi connectivity index (χ3v) is 1.22. The number of hydrogen-bond acceptors (Lipinski definition) is 2. The molecule has 0 spiro atoms. The fraction of sp³-hybridized carbons (Fsp3) is 0.444. The largest absolute Gasteiger partial charge is 0.486 e. The van der Waals surface area contributed by atoms with E-state index < -0.39 is 19.5 Å². The molecule has 0 fully saturated rings. The number of nitrogens with zero attached hydrogens (tertiary/aromatic N) is 1. The summed E-state index contributed by atoms with van der Waals surface area (Å²) in [6.07, 6.45) is 0.216. The average molecular weight is 187 g/mol. The fourth-order valence-electron chi connectivity index (χ4n) is 0.626. The third kappa shape index (κ3) is 4.96. The predicted molar refractivity (Wildman–Crippen MR) is 45.3 cm³/mol. The van der Waals surface area contributed by atoms with E-state index in [4.69, 9.17) is 10.00 Å². The topological polar surface area (TPSA) is 33.0 Å². The SMILES string of the molecule is C=C(/C=C(\C)C#N)OC(CF)CF. The van der Waals surface area contributed by atoms with Crippen molar-refractivity contribution in [1.29, 1.82) is 5.26 Å². The van der Waals surface area contributed by atoms with Crippen molar-refractivity contribution in [1.82, 2.24) is 0 Å². The van der Waals surface area contributed by atoms with Crippen molar-refractivity contribution in [2.24, 2.45) is 0 Å². The van der Waals surface area contributed by atoms with Gasteiger partial charge in [-0.25, -0.2) is 8.78 Å². The number of allylic oxidation sites excluding steroid dienone is 2. The molecule has 0 amide bonds. The lowest BCUT2D eigenvalue weighted by Gasteiger charge is -2.11. The van der Waals surface area contributed by atoms with Gasteiger partial charge in [0, 0.05) is 5.57 Å². The smallest absolute Gasteiger partial charge is 0.155 e. The highest BCUT2D eigenvalue weighted by Crippen LogP contribution is 2.06. The van der Waals surface area contributed by atoms with Gasteiger partial charge in [-0.15, -0.1) is 0 Å². The highest BCUT2D eigenvalue weighted by Gasteiger charge is 2.08. The van der Waals surface area contributed by atoms with Crippen molar-refractivity contribution in [2.75, 3.05) is 13.3 Å². The van der Waals surface area contributed by atoms with Crippen molar-refractivity contribution in [3.63, 3.8) is 0 Å². The van der Waals surface area contributed by atoms with Gasteiger partial charge in [-0.05, 0) is 13.0 Å². The van der Waals surface area contributed by atoms with Crippen LogP contribution in [0.15, 0.2) is 24.0 Å². The van der Waals surface area contributed by atoms with Crippen LogP contribution in [-0.4, -0.2) is 19.5 Å². The lowest BCUT2D eigenvalue weighted by molar-refractivity contribution is 0.0768. The van der Waals surface area contributed by atoms with Crippen molar-refractivity contribution in [3.8, 4) is 6.07 Å². The number of hydrogen-bond donors (Lipinski definition) is 0. The van der Waals surface area contributed by atoms with E-state index in [2.05, 4.69) is 6.58 Å². The molecule has 0 atom stereocenters. The first-order chi connectivity index (χ1) is 6.13. The molecular weight excluding hydrogens is 176 g/mol. The van der Waals surface area contributed by atoms with E-state index in [-0.39, 0.29) is 5.76 Å². The van der Waals surface area contributed by atoms with Crippen LogP contribution in [0.25, 0.3) is 0 Å². The number of nitriles is 1. The summed E-state index contributed by atoms with van der Waals surface area (Å²) in [5.74, 6) is 0.0966. The number of ether oxygens (including phenoxy) is 1. The minimum Gasteiger partial charge on any atom is -0.486 e. The molecule has 0 aromatic carbocycles. The van der Waals surface area contributed by atoms with Crippen LogP contribution in [0.1, 0.15) is 6.92 Å². The molecule has 13 heavy (non-hydrogen) atoms. The molecule has 0 aliphatic carbocycles. The Morgan fingerprint density at radius 1 is 1.62 bits per heavy atom. The summed E-state index contributed by atoms with van der Waals surface area (Å²) in [7, 11) is 0. The number of halogens is 2. The van der Waals surface area contributed by atoms with Crippen LogP contribution in [0, 0.1) is 11.3 Å². The maximum absolute atomic E-state index is 11.9. The Bertz CT molecular complexity index is 238. The van der Waals surface area contributed by atoms with Gasteiger partial charge < -0.3 is 4.74 Å². The standard InChI is InChI=1S/C9H11F2NO/c1-7(6-12)3-8(2)13-9(4-10)5-11/h3,9H,2,4-5H2,1H3/b7-3+. The van der Waals surface area contributed by atoms with Gasteiger partial charge in [-0.2, -0.15) is 5.26 Å². The molecule has 2 nitrogen and oxygen atoms in total. The second-order valence-electron chi connectivity index (χ2n) is 2.45. The monoisotopic (exact) mass is 187 g/mol. The molecule has 0 saturated carbocycles. The van der Waals surface area contributed by atoms with Gasteiger partial charge in [0.15, 0.2) is 6.10 Å². The van der Waals surface area contributed by atoms with Crippen LogP contribution in [0.5, 0.6) is 0 Å². The molecule has 0 rings (SSSR count). The van der Waals surface area contributed by atoms with Gasteiger partial charge in [0.2, 0.25) is 0 Å². The summed E-state index contributed by atoms with van der Waals surface area (Å²) in [5.41, 5.74) is 0.376. The molecule has 0 aromatic rings. The minimum absolute atomic E-state index is 0.0966. The summed E-state index contributed by atoms with van der Waals surface area (Å²) in [5, 5.41) is 8.37. The molecule has 0 aliphatic rings. The van der Waals surface area contributed by atoms with Crippen LogP contribution >= 0.6 is 0 Å². The van der Waals surface area contributed by atoms with Crippen molar-refractivity contribution < 1.29 is 13.5 Å². The zero-order chi connectivity index (χ0) is 10.3. The molecule has 0 saturated heterocycles. The quantitative estimate of drug-likeness (QED) is 0.376. The summed E-state index contributed by atoms with van der Waals surface area (Å²) in [4.78, 5) is 0. The van der Waals surface area contributed by atoms with Crippen LogP contribution in [0.4, 0.5) is 8.78 Å². The second-order valence-corrected chi connectivity index (χ2v) is 2.45. The van der Waals surface area contributed by atoms with Crippen LogP contribution in [0.3, 0.4) is 0 Å². The molecule has 4 heteroatoms. The van der Waals surface area contributed by atoms with Crippen molar-refractivity contribution in [3.05, 3.63) is 24.0 Å². The van der Waals surface area contributed by atoms with Crippen molar-refractivity contribution in [2.45, 2.75) is 13.0 Å². The summed E-state index contributed by atoms with van der Waals surface area (Å²) < 4.78 is 28.6. The van der Waals surface area contributed by atoms with Crippen LogP contribution in [0.2, 0.25) is 0 Å². The number of rotatable bonds is 5. The Labute approximate surface area is 76.1 Å². The van der Waals surface area contributed by atoms with Crippen molar-refractivity contribution >= 4 is 0 Å². The van der Waals surface area contributed by atoms with Gasteiger partial charge in [0.1, 0.15) is 19.1 Å². The molecule has 72 valence electrons. The first kappa shape index (κ1) is 11.6. The van der Waals surface area contributed by atoms with Gasteiger partial charge in [-0.3, -0.25) is 0 Å². The molecule has 0 radical (unpaired) electrons. The van der Waals surface area contributed by atoms with E-state index in [1.807, 2.05) is 6.07 Å². The van der Waals surface area contributed by atoms with Gasteiger partial charge in [0.05, 0.1) is 6.07 Å².